The molecule has 0 aromatic rings. The van der Waals surface area contributed by atoms with Crippen LogP contribution in [-0.2, 0) is 14.3 Å². The number of ether oxygens (including phenoxy) is 1. The normalized spacial score (nSPS) is 42.5. The lowest BCUT2D eigenvalue weighted by Crippen LogP contribution is -2.51. The Hall–Kier alpha value is -1.12. The van der Waals surface area contributed by atoms with Crippen molar-refractivity contribution in [2.45, 2.75) is 98.0 Å². The smallest absolute Gasteiger partial charge is 0.306 e. The molecule has 0 heterocycles. The molecule has 3 saturated carbocycles. The van der Waals surface area contributed by atoms with E-state index < -0.39 is 0 Å². The van der Waals surface area contributed by atoms with Gasteiger partial charge in [-0.15, -0.1) is 0 Å². The van der Waals surface area contributed by atoms with Crippen molar-refractivity contribution in [3.05, 3.63) is 11.6 Å². The van der Waals surface area contributed by atoms with E-state index in [1.165, 1.54) is 24.8 Å². The Kier molecular flexibility index (Phi) is 5.25. The quantitative estimate of drug-likeness (QED) is 0.568. The van der Waals surface area contributed by atoms with E-state index >= 15 is 0 Å². The molecule has 0 N–H and O–H groups in total. The van der Waals surface area contributed by atoms with Crippen molar-refractivity contribution in [1.29, 1.82) is 0 Å². The lowest BCUT2D eigenvalue weighted by Gasteiger charge is -2.57. The summed E-state index contributed by atoms with van der Waals surface area (Å²) >= 11 is 0. The van der Waals surface area contributed by atoms with E-state index in [0.29, 0.717) is 30.0 Å². The second kappa shape index (κ2) is 7.29. The van der Waals surface area contributed by atoms with Crippen LogP contribution in [-0.4, -0.2) is 17.9 Å². The van der Waals surface area contributed by atoms with Gasteiger partial charge in [0.25, 0.3) is 0 Å². The summed E-state index contributed by atoms with van der Waals surface area (Å²) in [5.41, 5.74) is 1.81. The Bertz CT molecular complexity index is 677. The second-order valence-electron chi connectivity index (χ2n) is 11.0. The minimum atomic E-state index is 0.00863. The highest BCUT2D eigenvalue weighted by molar-refractivity contribution is 5.91. The first kappa shape index (κ1) is 20.2. The Balaban J connectivity index is 1.49. The monoisotopic (exact) mass is 386 g/mol. The van der Waals surface area contributed by atoms with Crippen LogP contribution in [0.1, 0.15) is 91.9 Å². The van der Waals surface area contributed by atoms with E-state index in [2.05, 4.69) is 27.7 Å². The predicted molar refractivity (Wildman–Crippen MR) is 111 cm³/mol. The molecule has 0 aromatic heterocycles. The first-order valence-corrected chi connectivity index (χ1v) is 11.7. The topological polar surface area (TPSA) is 43.4 Å². The van der Waals surface area contributed by atoms with Gasteiger partial charge in [-0.3, -0.25) is 9.59 Å². The lowest BCUT2D eigenvalue weighted by atomic mass is 9.47. The van der Waals surface area contributed by atoms with Crippen LogP contribution in [0.4, 0.5) is 0 Å². The fourth-order valence-electron chi connectivity index (χ4n) is 7.33. The molecule has 0 amide bonds. The standard InChI is InChI=1S/C25H38O3/c1-16(2)5-10-23(27)28-22-9-8-20-19-7-6-17-15-18(26)11-13-24(17,3)21(19)12-14-25(20,22)4/h15-16,19-22H,5-14H2,1-4H3/t19-,20-,21+,22?,24+,25+/m1/s1. The number of hydrogen-bond donors (Lipinski definition) is 0. The molecule has 0 spiro atoms. The van der Waals surface area contributed by atoms with Crippen molar-refractivity contribution in [3.63, 3.8) is 0 Å². The van der Waals surface area contributed by atoms with Gasteiger partial charge < -0.3 is 4.74 Å². The summed E-state index contributed by atoms with van der Waals surface area (Å²) in [7, 11) is 0. The average Bonchev–Trinajstić information content (AvgIpc) is 2.97. The molecule has 4 aliphatic rings. The van der Waals surface area contributed by atoms with Gasteiger partial charge in [0.1, 0.15) is 6.10 Å². The lowest BCUT2D eigenvalue weighted by molar-refractivity contribution is -0.160. The number of hydrogen-bond acceptors (Lipinski definition) is 3. The number of fused-ring (bicyclic) bond motifs is 5. The van der Waals surface area contributed by atoms with Crippen LogP contribution in [0.15, 0.2) is 11.6 Å². The zero-order valence-corrected chi connectivity index (χ0v) is 18.3. The van der Waals surface area contributed by atoms with Crippen molar-refractivity contribution in [3.8, 4) is 0 Å². The predicted octanol–water partition coefficient (Wildman–Crippen LogP) is 5.87. The molecule has 0 saturated heterocycles. The molecule has 0 radical (unpaired) electrons. The first-order chi connectivity index (χ1) is 13.2. The van der Waals surface area contributed by atoms with Crippen molar-refractivity contribution in [2.24, 2.45) is 34.5 Å². The Morgan fingerprint density at radius 2 is 1.89 bits per heavy atom. The first-order valence-electron chi connectivity index (χ1n) is 11.7. The molecular weight excluding hydrogens is 348 g/mol. The molecule has 4 aliphatic carbocycles. The molecule has 3 heteroatoms. The molecule has 3 nitrogen and oxygen atoms in total. The maximum atomic E-state index is 12.4. The van der Waals surface area contributed by atoms with Gasteiger partial charge >= 0.3 is 5.97 Å². The summed E-state index contributed by atoms with van der Waals surface area (Å²) in [4.78, 5) is 24.4. The number of carbonyl (C=O) groups is 2. The summed E-state index contributed by atoms with van der Waals surface area (Å²) in [5, 5.41) is 0. The van der Waals surface area contributed by atoms with Crippen LogP contribution >= 0.6 is 0 Å². The van der Waals surface area contributed by atoms with Gasteiger partial charge in [-0.2, -0.15) is 0 Å². The summed E-state index contributed by atoms with van der Waals surface area (Å²) in [6.07, 6.45) is 12.3. The fraction of sp³-hybridized carbons (Fsp3) is 0.840. The second-order valence-corrected chi connectivity index (χ2v) is 11.0. The fourth-order valence-corrected chi connectivity index (χ4v) is 7.33. The Morgan fingerprint density at radius 3 is 2.64 bits per heavy atom. The summed E-state index contributed by atoms with van der Waals surface area (Å²) in [6, 6.07) is 0. The van der Waals surface area contributed by atoms with E-state index in [1.807, 2.05) is 6.08 Å². The molecule has 0 aliphatic heterocycles. The minimum absolute atomic E-state index is 0.00863. The summed E-state index contributed by atoms with van der Waals surface area (Å²) in [5.74, 6) is 2.99. The number of rotatable bonds is 4. The third-order valence-electron chi connectivity index (χ3n) is 9.07. The number of allylic oxidation sites excluding steroid dienone is 1. The molecule has 6 atom stereocenters. The van der Waals surface area contributed by atoms with Crippen LogP contribution in [0.5, 0.6) is 0 Å². The Labute approximate surface area is 170 Å². The van der Waals surface area contributed by atoms with Crippen LogP contribution in [0, 0.1) is 34.5 Å². The maximum absolute atomic E-state index is 12.4. The molecule has 1 unspecified atom stereocenters. The van der Waals surface area contributed by atoms with Crippen LogP contribution < -0.4 is 0 Å². The summed E-state index contributed by atoms with van der Waals surface area (Å²) in [6.45, 7) is 9.15. The van der Waals surface area contributed by atoms with E-state index in [1.54, 1.807) is 0 Å². The highest BCUT2D eigenvalue weighted by atomic mass is 16.5. The van der Waals surface area contributed by atoms with Gasteiger partial charge in [0, 0.05) is 18.3 Å². The molecule has 4 rings (SSSR count). The van der Waals surface area contributed by atoms with Gasteiger partial charge in [0.2, 0.25) is 0 Å². The highest BCUT2D eigenvalue weighted by Crippen LogP contribution is 2.65. The van der Waals surface area contributed by atoms with Gasteiger partial charge in [-0.25, -0.2) is 0 Å². The minimum Gasteiger partial charge on any atom is -0.462 e. The molecular formula is C25H38O3. The van der Waals surface area contributed by atoms with E-state index in [9.17, 15) is 9.59 Å². The van der Waals surface area contributed by atoms with Crippen molar-refractivity contribution >= 4 is 11.8 Å². The van der Waals surface area contributed by atoms with E-state index in [0.717, 1.165) is 44.4 Å². The average molecular weight is 387 g/mol. The van der Waals surface area contributed by atoms with Crippen LogP contribution in [0.2, 0.25) is 0 Å². The molecule has 0 bridgehead atoms. The zero-order chi connectivity index (χ0) is 20.1. The van der Waals surface area contributed by atoms with Gasteiger partial charge in [-0.1, -0.05) is 33.3 Å². The Morgan fingerprint density at radius 1 is 1.11 bits per heavy atom. The molecule has 3 fully saturated rings. The van der Waals surface area contributed by atoms with Gasteiger partial charge in [0.15, 0.2) is 5.78 Å². The number of ketones is 1. The zero-order valence-electron chi connectivity index (χ0n) is 18.3. The number of esters is 1. The summed E-state index contributed by atoms with van der Waals surface area (Å²) < 4.78 is 6.06. The molecule has 0 aromatic carbocycles. The highest BCUT2D eigenvalue weighted by Gasteiger charge is 2.59. The number of carbonyl (C=O) groups excluding carboxylic acids is 2. The van der Waals surface area contributed by atoms with Crippen molar-refractivity contribution in [1.82, 2.24) is 0 Å². The third kappa shape index (κ3) is 3.27. The maximum Gasteiger partial charge on any atom is 0.306 e. The largest absolute Gasteiger partial charge is 0.462 e. The van der Waals surface area contributed by atoms with Crippen LogP contribution in [0.25, 0.3) is 0 Å². The van der Waals surface area contributed by atoms with E-state index in [-0.39, 0.29) is 22.9 Å². The van der Waals surface area contributed by atoms with E-state index in [4.69, 9.17) is 4.74 Å². The van der Waals surface area contributed by atoms with Gasteiger partial charge in [-0.05, 0) is 86.5 Å². The third-order valence-corrected chi connectivity index (χ3v) is 9.07. The van der Waals surface area contributed by atoms with Crippen molar-refractivity contribution < 1.29 is 14.3 Å². The molecule has 28 heavy (non-hydrogen) atoms. The SMILES string of the molecule is CC(C)CCC(=O)OC1CC[C@@H]2[C@H]3CCC4=CC(=O)CC[C@]4(C)[C@H]3CC[C@]12C. The van der Waals surface area contributed by atoms with Gasteiger partial charge in [0.05, 0.1) is 0 Å². The molecule has 156 valence electrons. The van der Waals surface area contributed by atoms with Crippen LogP contribution in [0.3, 0.4) is 0 Å². The van der Waals surface area contributed by atoms with Crippen molar-refractivity contribution in [2.75, 3.05) is 0 Å².